The van der Waals surface area contributed by atoms with Crippen LogP contribution in [0, 0.1) is 0 Å². The zero-order valence-corrected chi connectivity index (χ0v) is 17.8. The van der Waals surface area contributed by atoms with E-state index in [1.807, 2.05) is 26.0 Å². The number of pyridine rings is 1. The predicted molar refractivity (Wildman–Crippen MR) is 110 cm³/mol. The number of sulfone groups is 1. The van der Waals surface area contributed by atoms with Crippen LogP contribution in [0.4, 0.5) is 0 Å². The van der Waals surface area contributed by atoms with Crippen LogP contribution in [0.3, 0.4) is 0 Å². The molecule has 1 unspecified atom stereocenters. The van der Waals surface area contributed by atoms with Gasteiger partial charge in [-0.05, 0) is 25.8 Å². The first-order valence-corrected chi connectivity index (χ1v) is 10.2. The van der Waals surface area contributed by atoms with Crippen molar-refractivity contribution in [1.29, 1.82) is 0 Å². The zero-order valence-electron chi connectivity index (χ0n) is 14.7. The Morgan fingerprint density at radius 3 is 2.88 bits per heavy atom. The SMILES string of the molecule is CCCOc1ncccc1CN=C(NCC)NC1CCS(=O)(=O)C1.I. The van der Waals surface area contributed by atoms with Crippen LogP contribution in [0.15, 0.2) is 23.3 Å². The Bertz CT molecular complexity index is 667. The fourth-order valence-corrected chi connectivity index (χ4v) is 4.13. The molecule has 25 heavy (non-hydrogen) atoms. The third-order valence-corrected chi connectivity index (χ3v) is 5.39. The maximum atomic E-state index is 11.6. The van der Waals surface area contributed by atoms with E-state index >= 15 is 0 Å². The largest absolute Gasteiger partial charge is 0.477 e. The molecule has 1 fully saturated rings. The van der Waals surface area contributed by atoms with E-state index in [-0.39, 0.29) is 41.5 Å². The van der Waals surface area contributed by atoms with Gasteiger partial charge in [-0.25, -0.2) is 18.4 Å². The van der Waals surface area contributed by atoms with Gasteiger partial charge in [-0.3, -0.25) is 0 Å². The Balaban J connectivity index is 0.00000312. The molecule has 0 aromatic carbocycles. The van der Waals surface area contributed by atoms with Crippen molar-refractivity contribution in [1.82, 2.24) is 15.6 Å². The standard InChI is InChI=1S/C16H26N4O3S.HI/c1-3-9-23-15-13(6-5-8-18-15)11-19-16(17-4-2)20-14-7-10-24(21,22)12-14;/h5-6,8,14H,3-4,7,9-12H2,1-2H3,(H2,17,19,20);1H. The van der Waals surface area contributed by atoms with Crippen molar-refractivity contribution in [2.24, 2.45) is 4.99 Å². The quantitative estimate of drug-likeness (QED) is 0.350. The van der Waals surface area contributed by atoms with E-state index in [2.05, 4.69) is 20.6 Å². The van der Waals surface area contributed by atoms with Crippen molar-refractivity contribution in [3.63, 3.8) is 0 Å². The number of hydrogen-bond donors (Lipinski definition) is 2. The van der Waals surface area contributed by atoms with Crippen molar-refractivity contribution in [2.45, 2.75) is 39.3 Å². The molecule has 1 aliphatic rings. The molecule has 0 saturated carbocycles. The summed E-state index contributed by atoms with van der Waals surface area (Å²) in [6, 6.07) is 3.70. The lowest BCUT2D eigenvalue weighted by molar-refractivity contribution is 0.302. The summed E-state index contributed by atoms with van der Waals surface area (Å²) in [7, 11) is -2.92. The molecule has 7 nitrogen and oxygen atoms in total. The number of ether oxygens (including phenoxy) is 1. The highest BCUT2D eigenvalue weighted by Crippen LogP contribution is 2.16. The minimum atomic E-state index is -2.92. The zero-order chi connectivity index (χ0) is 17.4. The molecule has 1 aromatic heterocycles. The highest BCUT2D eigenvalue weighted by Gasteiger charge is 2.28. The van der Waals surface area contributed by atoms with Crippen LogP contribution in [0.2, 0.25) is 0 Å². The summed E-state index contributed by atoms with van der Waals surface area (Å²) in [6.07, 6.45) is 3.23. The van der Waals surface area contributed by atoms with Gasteiger partial charge in [-0.2, -0.15) is 0 Å². The third kappa shape index (κ3) is 7.35. The summed E-state index contributed by atoms with van der Waals surface area (Å²) in [6.45, 7) is 5.76. The molecule has 0 spiro atoms. The van der Waals surface area contributed by atoms with Crippen LogP contribution in [0.5, 0.6) is 5.88 Å². The van der Waals surface area contributed by atoms with Gasteiger partial charge in [0.1, 0.15) is 0 Å². The lowest BCUT2D eigenvalue weighted by Crippen LogP contribution is -2.44. The van der Waals surface area contributed by atoms with E-state index in [0.29, 0.717) is 38.0 Å². The Kier molecular flexibility index (Phi) is 9.47. The fourth-order valence-electron chi connectivity index (χ4n) is 2.46. The van der Waals surface area contributed by atoms with E-state index in [9.17, 15) is 8.42 Å². The average Bonchev–Trinajstić information content (AvgIpc) is 2.90. The summed E-state index contributed by atoms with van der Waals surface area (Å²) >= 11 is 0. The maximum Gasteiger partial charge on any atom is 0.218 e. The monoisotopic (exact) mass is 482 g/mol. The number of halogens is 1. The van der Waals surface area contributed by atoms with E-state index in [0.717, 1.165) is 12.0 Å². The van der Waals surface area contributed by atoms with Crippen molar-refractivity contribution in [3.8, 4) is 5.88 Å². The second-order valence-corrected chi connectivity index (χ2v) is 7.98. The molecule has 0 radical (unpaired) electrons. The second kappa shape index (κ2) is 10.8. The van der Waals surface area contributed by atoms with Gasteiger partial charge in [0.05, 0.1) is 24.7 Å². The third-order valence-electron chi connectivity index (χ3n) is 3.62. The Hall–Kier alpha value is -1.10. The average molecular weight is 482 g/mol. The minimum absolute atomic E-state index is 0. The highest BCUT2D eigenvalue weighted by atomic mass is 127. The van der Waals surface area contributed by atoms with Crippen LogP contribution >= 0.6 is 24.0 Å². The van der Waals surface area contributed by atoms with Gasteiger partial charge in [-0.1, -0.05) is 13.0 Å². The number of aliphatic imine (C=N–C) groups is 1. The summed E-state index contributed by atoms with van der Waals surface area (Å²) in [5.74, 6) is 1.61. The van der Waals surface area contributed by atoms with E-state index < -0.39 is 9.84 Å². The van der Waals surface area contributed by atoms with E-state index in [4.69, 9.17) is 4.74 Å². The molecule has 1 saturated heterocycles. The Morgan fingerprint density at radius 1 is 1.44 bits per heavy atom. The first-order valence-electron chi connectivity index (χ1n) is 8.36. The fraction of sp³-hybridized carbons (Fsp3) is 0.625. The van der Waals surface area contributed by atoms with Crippen LogP contribution in [-0.4, -0.2) is 50.1 Å². The molecule has 1 aliphatic heterocycles. The van der Waals surface area contributed by atoms with Gasteiger partial charge >= 0.3 is 0 Å². The molecule has 1 aromatic rings. The van der Waals surface area contributed by atoms with Crippen molar-refractivity contribution >= 4 is 39.8 Å². The minimum Gasteiger partial charge on any atom is -0.477 e. The first kappa shape index (κ1) is 21.9. The first-order chi connectivity index (χ1) is 11.5. The number of aromatic nitrogens is 1. The number of hydrogen-bond acceptors (Lipinski definition) is 5. The molecule has 2 rings (SSSR count). The Morgan fingerprint density at radius 2 is 2.24 bits per heavy atom. The molecule has 142 valence electrons. The summed E-state index contributed by atoms with van der Waals surface area (Å²) < 4.78 is 28.8. The molecule has 2 heterocycles. The van der Waals surface area contributed by atoms with Crippen molar-refractivity contribution < 1.29 is 13.2 Å². The maximum absolute atomic E-state index is 11.6. The van der Waals surface area contributed by atoms with Gasteiger partial charge in [0.25, 0.3) is 0 Å². The Labute approximate surface area is 167 Å². The molecule has 0 bridgehead atoms. The molecule has 1 atom stereocenters. The summed E-state index contributed by atoms with van der Waals surface area (Å²) in [5, 5.41) is 6.36. The number of nitrogens with zero attached hydrogens (tertiary/aromatic N) is 2. The molecule has 9 heteroatoms. The smallest absolute Gasteiger partial charge is 0.218 e. The van der Waals surface area contributed by atoms with E-state index in [1.54, 1.807) is 6.20 Å². The highest BCUT2D eigenvalue weighted by molar-refractivity contribution is 14.0. The number of nitrogens with one attached hydrogen (secondary N) is 2. The predicted octanol–water partition coefficient (Wildman–Crippen LogP) is 1.73. The molecular weight excluding hydrogens is 455 g/mol. The topological polar surface area (TPSA) is 92.7 Å². The molecule has 0 aliphatic carbocycles. The van der Waals surface area contributed by atoms with Gasteiger partial charge in [0.15, 0.2) is 15.8 Å². The van der Waals surface area contributed by atoms with Gasteiger partial charge < -0.3 is 15.4 Å². The summed E-state index contributed by atoms with van der Waals surface area (Å²) in [5.41, 5.74) is 0.905. The van der Waals surface area contributed by atoms with Crippen molar-refractivity contribution in [2.75, 3.05) is 24.7 Å². The van der Waals surface area contributed by atoms with Gasteiger partial charge in [-0.15, -0.1) is 24.0 Å². The molecular formula is C16H27IN4O3S. The van der Waals surface area contributed by atoms with Crippen LogP contribution < -0.4 is 15.4 Å². The lowest BCUT2D eigenvalue weighted by Gasteiger charge is -2.16. The molecule has 2 N–H and O–H groups in total. The van der Waals surface area contributed by atoms with Gasteiger partial charge in [0, 0.05) is 24.3 Å². The van der Waals surface area contributed by atoms with Crippen LogP contribution in [-0.2, 0) is 16.4 Å². The van der Waals surface area contributed by atoms with Gasteiger partial charge in [0.2, 0.25) is 5.88 Å². The normalized spacial score (nSPS) is 19.1. The van der Waals surface area contributed by atoms with Crippen LogP contribution in [0.1, 0.15) is 32.3 Å². The molecule has 0 amide bonds. The lowest BCUT2D eigenvalue weighted by atomic mass is 10.2. The number of guanidine groups is 1. The second-order valence-electron chi connectivity index (χ2n) is 5.76. The van der Waals surface area contributed by atoms with Crippen molar-refractivity contribution in [3.05, 3.63) is 23.9 Å². The van der Waals surface area contributed by atoms with E-state index in [1.165, 1.54) is 0 Å². The van der Waals surface area contributed by atoms with Crippen LogP contribution in [0.25, 0.3) is 0 Å². The number of rotatable bonds is 7. The summed E-state index contributed by atoms with van der Waals surface area (Å²) in [4.78, 5) is 8.79.